The van der Waals surface area contributed by atoms with Gasteiger partial charge in [0.2, 0.25) is 0 Å². The van der Waals surface area contributed by atoms with Gasteiger partial charge in [-0.2, -0.15) is 0 Å². The van der Waals surface area contributed by atoms with Crippen LogP contribution >= 0.6 is 0 Å². The Hall–Kier alpha value is -2.00. The molecule has 2 aromatic rings. The minimum Gasteiger partial charge on any atom is -0.508 e. The minimum atomic E-state index is 0.301. The Kier molecular flexibility index (Phi) is 4.81. The van der Waals surface area contributed by atoms with Crippen LogP contribution in [-0.2, 0) is 6.54 Å². The molecule has 0 saturated heterocycles. The molecule has 0 amide bonds. The first kappa shape index (κ1) is 13.4. The Balaban J connectivity index is 1.67. The molecule has 0 atom stereocenters. The molecule has 0 aromatic heterocycles. The largest absolute Gasteiger partial charge is 0.508 e. The lowest BCUT2D eigenvalue weighted by molar-refractivity contribution is 0.313. The van der Waals surface area contributed by atoms with E-state index < -0.39 is 0 Å². The summed E-state index contributed by atoms with van der Waals surface area (Å²) in [5, 5.41) is 12.6. The third-order valence-electron chi connectivity index (χ3n) is 2.78. The first-order valence-electron chi connectivity index (χ1n) is 6.42. The summed E-state index contributed by atoms with van der Waals surface area (Å²) in [6, 6.07) is 15.3. The average Bonchev–Trinajstić information content (AvgIpc) is 2.38. The SMILES string of the molecule is Cc1cccc(OCCNCc2cccc(O)c2)c1. The van der Waals surface area contributed by atoms with Crippen LogP contribution in [-0.4, -0.2) is 18.3 Å². The van der Waals surface area contributed by atoms with Crippen LogP contribution in [0.5, 0.6) is 11.5 Å². The van der Waals surface area contributed by atoms with Crippen LogP contribution in [0.15, 0.2) is 48.5 Å². The summed E-state index contributed by atoms with van der Waals surface area (Å²) in [5.74, 6) is 1.20. The predicted octanol–water partition coefficient (Wildman–Crippen LogP) is 2.87. The molecule has 2 N–H and O–H groups in total. The Morgan fingerprint density at radius 3 is 2.74 bits per heavy atom. The number of benzene rings is 2. The van der Waals surface area contributed by atoms with Crippen molar-refractivity contribution in [2.75, 3.05) is 13.2 Å². The van der Waals surface area contributed by atoms with Gasteiger partial charge in [0, 0.05) is 13.1 Å². The molecule has 0 aliphatic carbocycles. The average molecular weight is 257 g/mol. The number of nitrogens with one attached hydrogen (secondary N) is 1. The number of phenolic OH excluding ortho intramolecular Hbond substituents is 1. The highest BCUT2D eigenvalue weighted by atomic mass is 16.5. The standard InChI is InChI=1S/C16H19NO2/c1-13-4-2-7-16(10-13)19-9-8-17-12-14-5-3-6-15(18)11-14/h2-7,10-11,17-18H,8-9,12H2,1H3. The number of phenols is 1. The van der Waals surface area contributed by atoms with Gasteiger partial charge in [-0.3, -0.25) is 0 Å². The number of rotatable bonds is 6. The molecule has 0 aliphatic heterocycles. The maximum Gasteiger partial charge on any atom is 0.119 e. The number of aryl methyl sites for hydroxylation is 1. The van der Waals surface area contributed by atoms with E-state index in [0.717, 1.165) is 24.4 Å². The van der Waals surface area contributed by atoms with Crippen molar-refractivity contribution in [1.82, 2.24) is 5.32 Å². The molecule has 0 unspecified atom stereocenters. The summed E-state index contributed by atoms with van der Waals surface area (Å²) >= 11 is 0. The summed E-state index contributed by atoms with van der Waals surface area (Å²) in [6.45, 7) is 4.17. The van der Waals surface area contributed by atoms with E-state index in [9.17, 15) is 5.11 Å². The summed E-state index contributed by atoms with van der Waals surface area (Å²) < 4.78 is 5.64. The van der Waals surface area contributed by atoms with Crippen molar-refractivity contribution in [3.05, 3.63) is 59.7 Å². The van der Waals surface area contributed by atoms with Crippen molar-refractivity contribution in [1.29, 1.82) is 0 Å². The Labute approximate surface area is 113 Å². The molecule has 0 bridgehead atoms. The molecule has 2 aromatic carbocycles. The van der Waals surface area contributed by atoms with Crippen LogP contribution in [0.3, 0.4) is 0 Å². The second-order valence-corrected chi connectivity index (χ2v) is 4.51. The van der Waals surface area contributed by atoms with Gasteiger partial charge < -0.3 is 15.2 Å². The lowest BCUT2D eigenvalue weighted by atomic mass is 10.2. The minimum absolute atomic E-state index is 0.301. The summed E-state index contributed by atoms with van der Waals surface area (Å²) in [6.07, 6.45) is 0. The van der Waals surface area contributed by atoms with E-state index in [4.69, 9.17) is 4.74 Å². The summed E-state index contributed by atoms with van der Waals surface area (Å²) in [7, 11) is 0. The molecule has 2 rings (SSSR count). The summed E-state index contributed by atoms with van der Waals surface area (Å²) in [5.41, 5.74) is 2.26. The van der Waals surface area contributed by atoms with Crippen molar-refractivity contribution < 1.29 is 9.84 Å². The van der Waals surface area contributed by atoms with Gasteiger partial charge in [-0.15, -0.1) is 0 Å². The quantitative estimate of drug-likeness (QED) is 0.782. The molecule has 100 valence electrons. The number of ether oxygens (including phenoxy) is 1. The van der Waals surface area contributed by atoms with Gasteiger partial charge in [0.05, 0.1) is 0 Å². The van der Waals surface area contributed by atoms with Crippen molar-refractivity contribution in [3.63, 3.8) is 0 Å². The second-order valence-electron chi connectivity index (χ2n) is 4.51. The monoisotopic (exact) mass is 257 g/mol. The predicted molar refractivity (Wildman–Crippen MR) is 76.5 cm³/mol. The van der Waals surface area contributed by atoms with Gasteiger partial charge in [-0.1, -0.05) is 24.3 Å². The molecule has 3 heteroatoms. The molecule has 19 heavy (non-hydrogen) atoms. The molecule has 0 aliphatic rings. The highest BCUT2D eigenvalue weighted by Crippen LogP contribution is 2.12. The lowest BCUT2D eigenvalue weighted by Crippen LogP contribution is -2.20. The zero-order chi connectivity index (χ0) is 13.5. The van der Waals surface area contributed by atoms with Crippen molar-refractivity contribution >= 4 is 0 Å². The van der Waals surface area contributed by atoms with Crippen LogP contribution in [0, 0.1) is 6.92 Å². The van der Waals surface area contributed by atoms with Crippen LogP contribution in [0.1, 0.15) is 11.1 Å². The lowest BCUT2D eigenvalue weighted by Gasteiger charge is -2.08. The second kappa shape index (κ2) is 6.81. The van der Waals surface area contributed by atoms with Gasteiger partial charge in [0.1, 0.15) is 18.1 Å². The smallest absolute Gasteiger partial charge is 0.119 e. The molecule has 0 fully saturated rings. The first-order chi connectivity index (χ1) is 9.24. The first-order valence-corrected chi connectivity index (χ1v) is 6.42. The summed E-state index contributed by atoms with van der Waals surface area (Å²) in [4.78, 5) is 0. The van der Waals surface area contributed by atoms with Gasteiger partial charge in [0.15, 0.2) is 0 Å². The molecule has 0 radical (unpaired) electrons. The van der Waals surface area contributed by atoms with Gasteiger partial charge in [-0.25, -0.2) is 0 Å². The fourth-order valence-electron chi connectivity index (χ4n) is 1.85. The molecular weight excluding hydrogens is 238 g/mol. The highest BCUT2D eigenvalue weighted by molar-refractivity contribution is 5.28. The van der Waals surface area contributed by atoms with Crippen molar-refractivity contribution in [3.8, 4) is 11.5 Å². The van der Waals surface area contributed by atoms with Crippen LogP contribution in [0.2, 0.25) is 0 Å². The fourth-order valence-corrected chi connectivity index (χ4v) is 1.85. The number of aromatic hydroxyl groups is 1. The molecule has 0 spiro atoms. The Morgan fingerprint density at radius 2 is 1.95 bits per heavy atom. The van der Waals surface area contributed by atoms with Gasteiger partial charge in [0.25, 0.3) is 0 Å². The van der Waals surface area contributed by atoms with E-state index in [1.165, 1.54) is 5.56 Å². The Bertz CT molecular complexity index is 478. The number of hydrogen-bond acceptors (Lipinski definition) is 3. The van der Waals surface area contributed by atoms with Crippen LogP contribution < -0.4 is 10.1 Å². The molecular formula is C16H19NO2. The van der Waals surface area contributed by atoms with Crippen molar-refractivity contribution in [2.24, 2.45) is 0 Å². The zero-order valence-corrected chi connectivity index (χ0v) is 11.1. The van der Waals surface area contributed by atoms with E-state index in [1.54, 1.807) is 12.1 Å². The van der Waals surface area contributed by atoms with Crippen LogP contribution in [0.25, 0.3) is 0 Å². The maximum absolute atomic E-state index is 9.34. The van der Waals surface area contributed by atoms with E-state index >= 15 is 0 Å². The number of hydrogen-bond donors (Lipinski definition) is 2. The van der Waals surface area contributed by atoms with Crippen molar-refractivity contribution in [2.45, 2.75) is 13.5 Å². The van der Waals surface area contributed by atoms with Crippen LogP contribution in [0.4, 0.5) is 0 Å². The third-order valence-corrected chi connectivity index (χ3v) is 2.78. The molecule has 0 saturated carbocycles. The zero-order valence-electron chi connectivity index (χ0n) is 11.1. The van der Waals surface area contributed by atoms with E-state index in [-0.39, 0.29) is 0 Å². The molecule has 0 heterocycles. The maximum atomic E-state index is 9.34. The van der Waals surface area contributed by atoms with Gasteiger partial charge >= 0.3 is 0 Å². The highest BCUT2D eigenvalue weighted by Gasteiger charge is 1.96. The normalized spacial score (nSPS) is 10.4. The fraction of sp³-hybridized carbons (Fsp3) is 0.250. The topological polar surface area (TPSA) is 41.5 Å². The Morgan fingerprint density at radius 1 is 1.11 bits per heavy atom. The van der Waals surface area contributed by atoms with E-state index in [0.29, 0.717) is 12.4 Å². The molecule has 3 nitrogen and oxygen atoms in total. The van der Waals surface area contributed by atoms with Gasteiger partial charge in [-0.05, 0) is 42.3 Å². The third kappa shape index (κ3) is 4.64. The van der Waals surface area contributed by atoms with E-state index in [1.807, 2.05) is 43.3 Å². The van der Waals surface area contributed by atoms with E-state index in [2.05, 4.69) is 5.32 Å².